The summed E-state index contributed by atoms with van der Waals surface area (Å²) in [5.41, 5.74) is 0.539. The number of cyclic esters (lactones) is 1. The minimum atomic E-state index is -0.504. The lowest BCUT2D eigenvalue weighted by atomic mass is 10.1. The number of alkyl carbamates (subject to hydrolysis) is 1. The van der Waals surface area contributed by atoms with Gasteiger partial charge < -0.3 is 10.1 Å². The maximum absolute atomic E-state index is 13.0. The monoisotopic (exact) mass is 215 g/mol. The molecule has 0 spiro atoms. The second kappa shape index (κ2) is 3.46. The number of nitrogens with one attached hydrogen (secondary N) is 1. The number of amides is 1. The fraction of sp³-hybridized carbons (Fsp3) is 0.222. The van der Waals surface area contributed by atoms with Crippen LogP contribution in [0.3, 0.4) is 0 Å². The van der Waals surface area contributed by atoms with Gasteiger partial charge in [-0.3, -0.25) is 0 Å². The summed E-state index contributed by atoms with van der Waals surface area (Å²) >= 11 is 5.74. The molecule has 1 atom stereocenters. The number of ether oxygens (including phenoxy) is 1. The van der Waals surface area contributed by atoms with Gasteiger partial charge in [-0.1, -0.05) is 23.7 Å². The second-order valence-corrected chi connectivity index (χ2v) is 3.32. The van der Waals surface area contributed by atoms with Crippen LogP contribution in [0.1, 0.15) is 11.6 Å². The first-order valence-electron chi connectivity index (χ1n) is 4.05. The number of halogens is 2. The van der Waals surface area contributed by atoms with Crippen molar-refractivity contribution in [3.63, 3.8) is 0 Å². The molecule has 2 rings (SSSR count). The average molecular weight is 216 g/mol. The number of hydrogen-bond donors (Lipinski definition) is 1. The minimum absolute atomic E-state index is 0.0308. The van der Waals surface area contributed by atoms with E-state index in [1.54, 1.807) is 12.1 Å². The van der Waals surface area contributed by atoms with Crippen LogP contribution < -0.4 is 5.32 Å². The first-order chi connectivity index (χ1) is 6.68. The lowest BCUT2D eigenvalue weighted by Gasteiger charge is -2.09. The van der Waals surface area contributed by atoms with Gasteiger partial charge in [-0.2, -0.15) is 0 Å². The molecule has 1 saturated heterocycles. The summed E-state index contributed by atoms with van der Waals surface area (Å²) in [6.45, 7) is 0.183. The molecule has 1 aliphatic heterocycles. The zero-order valence-electron chi connectivity index (χ0n) is 7.09. The Bertz CT molecular complexity index is 383. The van der Waals surface area contributed by atoms with Crippen LogP contribution in [-0.2, 0) is 4.74 Å². The molecule has 0 aliphatic carbocycles. The summed E-state index contributed by atoms with van der Waals surface area (Å²) in [5.74, 6) is -0.495. The fourth-order valence-corrected chi connectivity index (χ4v) is 1.60. The smallest absolute Gasteiger partial charge is 0.407 e. The van der Waals surface area contributed by atoms with Crippen molar-refractivity contribution in [2.24, 2.45) is 0 Å². The van der Waals surface area contributed by atoms with Crippen molar-refractivity contribution in [2.45, 2.75) is 6.04 Å². The van der Waals surface area contributed by atoms with Crippen LogP contribution in [0.5, 0.6) is 0 Å². The van der Waals surface area contributed by atoms with Crippen molar-refractivity contribution < 1.29 is 13.9 Å². The van der Waals surface area contributed by atoms with Crippen molar-refractivity contribution in [2.75, 3.05) is 6.61 Å². The Balaban J connectivity index is 2.32. The molecular formula is C9H7ClFNO2. The third kappa shape index (κ3) is 1.53. The first-order valence-corrected chi connectivity index (χ1v) is 4.43. The molecule has 1 aromatic carbocycles. The molecule has 5 heteroatoms. The maximum atomic E-state index is 13.0. The molecular weight excluding hydrogens is 209 g/mol. The highest BCUT2D eigenvalue weighted by Gasteiger charge is 2.26. The summed E-state index contributed by atoms with van der Waals surface area (Å²) < 4.78 is 17.7. The molecule has 1 aromatic rings. The molecule has 1 N–H and O–H groups in total. The van der Waals surface area contributed by atoms with Crippen LogP contribution in [0, 0.1) is 5.82 Å². The van der Waals surface area contributed by atoms with Gasteiger partial charge in [-0.15, -0.1) is 0 Å². The van der Waals surface area contributed by atoms with Crippen LogP contribution in [0.25, 0.3) is 0 Å². The molecule has 0 bridgehead atoms. The molecule has 1 heterocycles. The quantitative estimate of drug-likeness (QED) is 0.781. The van der Waals surface area contributed by atoms with Gasteiger partial charge >= 0.3 is 6.09 Å². The van der Waals surface area contributed by atoms with E-state index in [-0.39, 0.29) is 17.7 Å². The van der Waals surface area contributed by atoms with Crippen LogP contribution >= 0.6 is 11.6 Å². The maximum Gasteiger partial charge on any atom is 0.407 e. The average Bonchev–Trinajstić information content (AvgIpc) is 2.57. The zero-order chi connectivity index (χ0) is 10.1. The molecule has 74 valence electrons. The van der Waals surface area contributed by atoms with E-state index in [1.165, 1.54) is 6.07 Å². The molecule has 1 aliphatic rings. The van der Waals surface area contributed by atoms with Crippen molar-refractivity contribution >= 4 is 17.7 Å². The van der Waals surface area contributed by atoms with Gasteiger partial charge in [-0.05, 0) is 11.6 Å². The van der Waals surface area contributed by atoms with Crippen molar-refractivity contribution in [1.29, 1.82) is 0 Å². The summed E-state index contributed by atoms with van der Waals surface area (Å²) in [6, 6.07) is 4.11. The van der Waals surface area contributed by atoms with E-state index in [0.717, 1.165) is 0 Å². The minimum Gasteiger partial charge on any atom is -0.447 e. The molecule has 3 nitrogen and oxygen atoms in total. The third-order valence-electron chi connectivity index (χ3n) is 2.03. The van der Waals surface area contributed by atoms with Gasteiger partial charge in [0, 0.05) is 0 Å². The zero-order valence-corrected chi connectivity index (χ0v) is 7.84. The second-order valence-electron chi connectivity index (χ2n) is 2.94. The molecule has 0 aromatic heterocycles. The Morgan fingerprint density at radius 1 is 1.57 bits per heavy atom. The van der Waals surface area contributed by atoms with Gasteiger partial charge in [0.05, 0.1) is 11.1 Å². The number of carbonyl (C=O) groups is 1. The van der Waals surface area contributed by atoms with Crippen LogP contribution in [0.4, 0.5) is 9.18 Å². The van der Waals surface area contributed by atoms with Gasteiger partial charge in [0.25, 0.3) is 0 Å². The summed E-state index contributed by atoms with van der Waals surface area (Å²) in [4.78, 5) is 10.8. The highest BCUT2D eigenvalue weighted by Crippen LogP contribution is 2.27. The summed E-state index contributed by atoms with van der Waals surface area (Å²) in [7, 11) is 0. The molecule has 0 radical (unpaired) electrons. The van der Waals surface area contributed by atoms with Crippen LogP contribution in [-0.4, -0.2) is 12.7 Å². The molecule has 1 fully saturated rings. The van der Waals surface area contributed by atoms with Crippen LogP contribution in [0.2, 0.25) is 5.02 Å². The Morgan fingerprint density at radius 2 is 2.36 bits per heavy atom. The standard InChI is InChI=1S/C9H7ClFNO2/c10-8-5(2-1-3-6(8)11)7-4-14-9(13)12-7/h1-3,7H,4H2,(H,12,13). The van der Waals surface area contributed by atoms with E-state index in [4.69, 9.17) is 11.6 Å². The van der Waals surface area contributed by atoms with Gasteiger partial charge in [0.1, 0.15) is 12.4 Å². The first kappa shape index (κ1) is 9.27. The summed E-state index contributed by atoms with van der Waals surface area (Å²) in [5, 5.41) is 2.56. The molecule has 1 amide bonds. The van der Waals surface area contributed by atoms with E-state index in [2.05, 4.69) is 10.1 Å². The lowest BCUT2D eigenvalue weighted by molar-refractivity contribution is 0.177. The van der Waals surface area contributed by atoms with Gasteiger partial charge in [-0.25, -0.2) is 9.18 Å². The SMILES string of the molecule is O=C1NC(c2cccc(F)c2Cl)CO1. The van der Waals surface area contributed by atoms with E-state index >= 15 is 0 Å². The Kier molecular flexibility index (Phi) is 2.29. The summed E-state index contributed by atoms with van der Waals surface area (Å²) in [6.07, 6.45) is -0.504. The molecule has 1 unspecified atom stereocenters. The number of benzene rings is 1. The highest BCUT2D eigenvalue weighted by molar-refractivity contribution is 6.31. The number of rotatable bonds is 1. The Labute approximate surface area is 84.8 Å². The fourth-order valence-electron chi connectivity index (χ4n) is 1.34. The van der Waals surface area contributed by atoms with Crippen molar-refractivity contribution in [3.8, 4) is 0 Å². The highest BCUT2D eigenvalue weighted by atomic mass is 35.5. The normalized spacial score (nSPS) is 20.4. The van der Waals surface area contributed by atoms with E-state index < -0.39 is 11.9 Å². The Hall–Kier alpha value is -1.29. The van der Waals surface area contributed by atoms with Crippen molar-refractivity contribution in [1.82, 2.24) is 5.32 Å². The van der Waals surface area contributed by atoms with Gasteiger partial charge in [0.2, 0.25) is 0 Å². The van der Waals surface area contributed by atoms with E-state index in [9.17, 15) is 9.18 Å². The van der Waals surface area contributed by atoms with E-state index in [1.807, 2.05) is 0 Å². The predicted octanol–water partition coefficient (Wildman–Crippen LogP) is 2.26. The number of carbonyl (C=O) groups excluding carboxylic acids is 1. The molecule has 0 saturated carbocycles. The van der Waals surface area contributed by atoms with Gasteiger partial charge in [0.15, 0.2) is 0 Å². The molecule has 14 heavy (non-hydrogen) atoms. The predicted molar refractivity (Wildman–Crippen MR) is 48.6 cm³/mol. The largest absolute Gasteiger partial charge is 0.447 e. The Morgan fingerprint density at radius 3 is 3.00 bits per heavy atom. The topological polar surface area (TPSA) is 38.3 Å². The van der Waals surface area contributed by atoms with E-state index in [0.29, 0.717) is 5.56 Å². The number of hydrogen-bond acceptors (Lipinski definition) is 2. The third-order valence-corrected chi connectivity index (χ3v) is 2.43. The lowest BCUT2D eigenvalue weighted by Crippen LogP contribution is -2.18. The van der Waals surface area contributed by atoms with Crippen molar-refractivity contribution in [3.05, 3.63) is 34.6 Å². The van der Waals surface area contributed by atoms with Crippen LogP contribution in [0.15, 0.2) is 18.2 Å².